The average Bonchev–Trinajstić information content (AvgIpc) is 2.74. The van der Waals surface area contributed by atoms with Crippen LogP contribution < -0.4 is 5.11 Å². The molecule has 5 nitrogen and oxygen atoms in total. The lowest BCUT2D eigenvalue weighted by Crippen LogP contribution is -2.28. The molecule has 0 saturated heterocycles. The van der Waals surface area contributed by atoms with Crippen LogP contribution in [0.2, 0.25) is 5.15 Å². The van der Waals surface area contributed by atoms with Crippen LogP contribution >= 0.6 is 11.6 Å². The first-order valence-electron chi connectivity index (χ1n) is 9.89. The minimum absolute atomic E-state index is 0.0362. The fourth-order valence-corrected chi connectivity index (χ4v) is 3.56. The maximum atomic E-state index is 13.4. The molecule has 9 heteroatoms. The maximum Gasteiger partial charge on any atom is 0.416 e. The molecule has 3 rings (SSSR count). The Morgan fingerprint density at radius 2 is 1.73 bits per heavy atom. The van der Waals surface area contributed by atoms with E-state index in [1.54, 1.807) is 0 Å². The molecule has 0 unspecified atom stereocenters. The number of nitrogens with zero attached hydrogens (tertiary/aromatic N) is 2. The molecule has 0 aliphatic rings. The SMILES string of the molecule is CC(=O)N(Cc1ccccc1)Cc1cc(C(F)(F)F)ccc1-c1cnc(Cl)c(CC(=O)[O-])c1. The first kappa shape index (κ1) is 24.3. The minimum atomic E-state index is -4.58. The van der Waals surface area contributed by atoms with Crippen LogP contribution in [-0.4, -0.2) is 21.8 Å². The molecule has 0 aliphatic heterocycles. The highest BCUT2D eigenvalue weighted by molar-refractivity contribution is 6.30. The number of carboxylic acid groups (broad SMARTS) is 1. The van der Waals surface area contributed by atoms with Crippen molar-refractivity contribution >= 4 is 23.5 Å². The van der Waals surface area contributed by atoms with Gasteiger partial charge >= 0.3 is 6.18 Å². The number of halogens is 4. The molecule has 0 fully saturated rings. The maximum absolute atomic E-state index is 13.4. The van der Waals surface area contributed by atoms with Crippen molar-refractivity contribution in [3.05, 3.63) is 88.2 Å². The average molecular weight is 476 g/mol. The van der Waals surface area contributed by atoms with Gasteiger partial charge in [-0.25, -0.2) is 4.98 Å². The van der Waals surface area contributed by atoms with E-state index in [-0.39, 0.29) is 35.3 Å². The Labute approximate surface area is 193 Å². The molecule has 0 N–H and O–H groups in total. The minimum Gasteiger partial charge on any atom is -0.550 e. The number of pyridine rings is 1. The second-order valence-electron chi connectivity index (χ2n) is 7.45. The van der Waals surface area contributed by atoms with Gasteiger partial charge in [0.1, 0.15) is 5.15 Å². The number of carbonyl (C=O) groups excluding carboxylic acids is 2. The summed E-state index contributed by atoms with van der Waals surface area (Å²) in [4.78, 5) is 28.7. The standard InChI is InChI=1S/C24H20ClF3N2O3/c1-15(31)30(13-16-5-3-2-4-6-16)14-19-10-20(24(26,27)28)7-8-21(19)18-9-17(11-22(32)33)23(25)29-12-18/h2-10,12H,11,13-14H2,1H3,(H,32,33)/p-1. The molecule has 0 saturated carbocycles. The Morgan fingerprint density at radius 3 is 2.33 bits per heavy atom. The fraction of sp³-hybridized carbons (Fsp3) is 0.208. The summed E-state index contributed by atoms with van der Waals surface area (Å²) in [6.45, 7) is 1.46. The van der Waals surface area contributed by atoms with Crippen molar-refractivity contribution in [1.82, 2.24) is 9.88 Å². The Hall–Kier alpha value is -3.39. The highest BCUT2D eigenvalue weighted by atomic mass is 35.5. The molecule has 172 valence electrons. The van der Waals surface area contributed by atoms with E-state index < -0.39 is 24.1 Å². The summed E-state index contributed by atoms with van der Waals surface area (Å²) in [6.07, 6.45) is -3.72. The lowest BCUT2D eigenvalue weighted by molar-refractivity contribution is -0.304. The van der Waals surface area contributed by atoms with Gasteiger partial charge in [0.25, 0.3) is 0 Å². The number of rotatable bonds is 7. The van der Waals surface area contributed by atoms with Crippen LogP contribution in [0.4, 0.5) is 13.2 Å². The van der Waals surface area contributed by atoms with Gasteiger partial charge in [0.2, 0.25) is 5.91 Å². The third-order valence-electron chi connectivity index (χ3n) is 5.01. The van der Waals surface area contributed by atoms with Crippen molar-refractivity contribution in [2.45, 2.75) is 32.6 Å². The zero-order valence-electron chi connectivity index (χ0n) is 17.5. The van der Waals surface area contributed by atoms with Gasteiger partial charge in [0.15, 0.2) is 0 Å². The summed E-state index contributed by atoms with van der Waals surface area (Å²) in [5.74, 6) is -1.68. The number of amides is 1. The number of aliphatic carboxylic acids is 1. The molecule has 1 heterocycles. The number of hydrogen-bond acceptors (Lipinski definition) is 4. The molecule has 0 aliphatic carbocycles. The van der Waals surface area contributed by atoms with Gasteiger partial charge in [-0.2, -0.15) is 13.2 Å². The monoisotopic (exact) mass is 475 g/mol. The molecule has 0 radical (unpaired) electrons. The van der Waals surface area contributed by atoms with E-state index in [1.165, 1.54) is 30.2 Å². The molecule has 0 atom stereocenters. The zero-order valence-corrected chi connectivity index (χ0v) is 18.3. The molecule has 1 aromatic heterocycles. The van der Waals surface area contributed by atoms with E-state index in [0.717, 1.165) is 17.7 Å². The van der Waals surface area contributed by atoms with Crippen LogP contribution in [-0.2, 0) is 35.3 Å². The number of carbonyl (C=O) groups is 2. The third kappa shape index (κ3) is 6.32. The Morgan fingerprint density at radius 1 is 1.03 bits per heavy atom. The fourth-order valence-electron chi connectivity index (χ4n) is 3.39. The van der Waals surface area contributed by atoms with Crippen molar-refractivity contribution < 1.29 is 27.9 Å². The van der Waals surface area contributed by atoms with Gasteiger partial charge in [-0.3, -0.25) is 4.79 Å². The number of carboxylic acids is 1. The van der Waals surface area contributed by atoms with E-state index >= 15 is 0 Å². The normalized spacial score (nSPS) is 11.3. The van der Waals surface area contributed by atoms with Crippen molar-refractivity contribution in [3.8, 4) is 11.1 Å². The van der Waals surface area contributed by atoms with Gasteiger partial charge in [-0.1, -0.05) is 48.0 Å². The quantitative estimate of drug-likeness (QED) is 0.479. The van der Waals surface area contributed by atoms with Crippen LogP contribution in [0.5, 0.6) is 0 Å². The van der Waals surface area contributed by atoms with Crippen LogP contribution in [0.1, 0.15) is 29.2 Å². The van der Waals surface area contributed by atoms with Crippen molar-refractivity contribution in [2.24, 2.45) is 0 Å². The molecule has 0 bridgehead atoms. The number of benzene rings is 2. The smallest absolute Gasteiger partial charge is 0.416 e. The second kappa shape index (κ2) is 10.0. The molecular formula is C24H19ClF3N2O3-. The first-order valence-corrected chi connectivity index (χ1v) is 10.3. The predicted molar refractivity (Wildman–Crippen MR) is 115 cm³/mol. The lowest BCUT2D eigenvalue weighted by atomic mass is 9.96. The van der Waals surface area contributed by atoms with Crippen LogP contribution in [0.3, 0.4) is 0 Å². The summed E-state index contributed by atoms with van der Waals surface area (Å²) in [5, 5.41) is 11.0. The van der Waals surface area contributed by atoms with Crippen molar-refractivity contribution in [1.29, 1.82) is 0 Å². The summed E-state index contributed by atoms with van der Waals surface area (Å²) in [5.41, 5.74) is 1.13. The second-order valence-corrected chi connectivity index (χ2v) is 7.81. The third-order valence-corrected chi connectivity index (χ3v) is 5.35. The molecule has 2 aromatic carbocycles. The van der Waals surface area contributed by atoms with Gasteiger partial charge in [0, 0.05) is 44.2 Å². The molecular weight excluding hydrogens is 457 g/mol. The zero-order chi connectivity index (χ0) is 24.2. The highest BCUT2D eigenvalue weighted by Gasteiger charge is 2.31. The topological polar surface area (TPSA) is 73.3 Å². The highest BCUT2D eigenvalue weighted by Crippen LogP contribution is 2.35. The summed E-state index contributed by atoms with van der Waals surface area (Å²) < 4.78 is 40.3. The number of hydrogen-bond donors (Lipinski definition) is 0. The molecule has 3 aromatic rings. The van der Waals surface area contributed by atoms with E-state index in [0.29, 0.717) is 11.1 Å². The summed E-state index contributed by atoms with van der Waals surface area (Å²) >= 11 is 5.96. The van der Waals surface area contributed by atoms with E-state index in [2.05, 4.69) is 4.98 Å². The van der Waals surface area contributed by atoms with E-state index in [4.69, 9.17) is 11.6 Å². The number of aromatic nitrogens is 1. The van der Waals surface area contributed by atoms with Gasteiger partial charge in [0.05, 0.1) is 5.56 Å². The molecule has 0 spiro atoms. The van der Waals surface area contributed by atoms with E-state index in [9.17, 15) is 27.9 Å². The molecule has 1 amide bonds. The lowest BCUT2D eigenvalue weighted by Gasteiger charge is -2.24. The first-order chi connectivity index (χ1) is 15.5. The Balaban J connectivity index is 2.06. The largest absolute Gasteiger partial charge is 0.550 e. The van der Waals surface area contributed by atoms with Crippen molar-refractivity contribution in [2.75, 3.05) is 0 Å². The van der Waals surface area contributed by atoms with Gasteiger partial charge in [-0.05, 0) is 40.5 Å². The predicted octanol–water partition coefficient (Wildman–Crippen LogP) is 4.26. The molecule has 33 heavy (non-hydrogen) atoms. The van der Waals surface area contributed by atoms with Crippen LogP contribution in [0.25, 0.3) is 11.1 Å². The summed E-state index contributed by atoms with van der Waals surface area (Å²) in [7, 11) is 0. The Bertz CT molecular complexity index is 1170. The van der Waals surface area contributed by atoms with Gasteiger partial charge < -0.3 is 14.8 Å². The summed E-state index contributed by atoms with van der Waals surface area (Å²) in [6, 6.07) is 13.7. The van der Waals surface area contributed by atoms with Gasteiger partial charge in [-0.15, -0.1) is 0 Å². The van der Waals surface area contributed by atoms with Crippen LogP contribution in [0.15, 0.2) is 60.8 Å². The Kier molecular flexibility index (Phi) is 7.38. The van der Waals surface area contributed by atoms with E-state index in [1.807, 2.05) is 30.3 Å². The van der Waals surface area contributed by atoms with Crippen LogP contribution in [0, 0.1) is 0 Å². The van der Waals surface area contributed by atoms with Crippen molar-refractivity contribution in [3.63, 3.8) is 0 Å². The number of alkyl halides is 3.